The Hall–Kier alpha value is -2.53. The van der Waals surface area contributed by atoms with Crippen LogP contribution in [0.25, 0.3) is 10.2 Å². The van der Waals surface area contributed by atoms with Crippen LogP contribution in [-0.2, 0) is 26.1 Å². The second-order valence-electron chi connectivity index (χ2n) is 8.76. The zero-order valence-electron chi connectivity index (χ0n) is 21.0. The van der Waals surface area contributed by atoms with E-state index < -0.39 is 15.9 Å². The Kier molecular flexibility index (Phi) is 8.61. The number of rotatable bonds is 9. The second-order valence-corrected chi connectivity index (χ2v) is 11.7. The SMILES string of the molecule is CCOCCn1c(=NC(=O)C2CCCN(S(=O)(=O)c3ccc(C)cc3)C2)sc2cc(OCC)ccc21. The predicted molar refractivity (Wildman–Crippen MR) is 141 cm³/mol. The fraction of sp³-hybridized carbons (Fsp3) is 0.462. The number of thiazole rings is 1. The Morgan fingerprint density at radius 1 is 1.14 bits per heavy atom. The molecule has 1 aliphatic rings. The van der Waals surface area contributed by atoms with Gasteiger partial charge < -0.3 is 14.0 Å². The minimum atomic E-state index is -3.67. The van der Waals surface area contributed by atoms with Crippen LogP contribution in [0.4, 0.5) is 0 Å². The topological polar surface area (TPSA) is 90.2 Å². The minimum Gasteiger partial charge on any atom is -0.494 e. The summed E-state index contributed by atoms with van der Waals surface area (Å²) in [7, 11) is -3.67. The number of carbonyl (C=O) groups excluding carboxylic acids is 1. The van der Waals surface area contributed by atoms with Crippen LogP contribution in [0.5, 0.6) is 5.75 Å². The summed E-state index contributed by atoms with van der Waals surface area (Å²) in [5, 5.41) is 0. The molecule has 1 atom stereocenters. The van der Waals surface area contributed by atoms with Gasteiger partial charge in [-0.2, -0.15) is 9.30 Å². The number of amides is 1. The van der Waals surface area contributed by atoms with E-state index in [0.717, 1.165) is 21.5 Å². The predicted octanol–water partition coefficient (Wildman–Crippen LogP) is 3.97. The van der Waals surface area contributed by atoms with Crippen molar-refractivity contribution >= 4 is 37.5 Å². The summed E-state index contributed by atoms with van der Waals surface area (Å²) in [6.45, 7) is 8.58. The van der Waals surface area contributed by atoms with Crippen molar-refractivity contribution in [2.24, 2.45) is 10.9 Å². The number of hydrogen-bond donors (Lipinski definition) is 0. The van der Waals surface area contributed by atoms with Gasteiger partial charge in [0.05, 0.1) is 34.2 Å². The van der Waals surface area contributed by atoms with Crippen molar-refractivity contribution in [2.45, 2.75) is 45.1 Å². The molecule has 0 aliphatic carbocycles. The molecular weight excluding hydrogens is 498 g/mol. The monoisotopic (exact) mass is 531 g/mol. The standard InChI is InChI=1S/C26H33N3O5S2/c1-4-33-16-15-29-23-13-10-21(34-5-2)17-24(23)35-26(29)27-25(30)20-7-6-14-28(18-20)36(31,32)22-11-8-19(3)9-12-22/h8-13,17,20H,4-7,14-16,18H2,1-3H3. The molecule has 10 heteroatoms. The molecule has 1 aliphatic heterocycles. The third-order valence-corrected chi connectivity index (χ3v) is 9.15. The van der Waals surface area contributed by atoms with Gasteiger partial charge in [-0.05, 0) is 63.9 Å². The van der Waals surface area contributed by atoms with E-state index in [1.165, 1.54) is 15.6 Å². The quantitative estimate of drug-likeness (QED) is 0.390. The average Bonchev–Trinajstić information content (AvgIpc) is 3.21. The molecule has 0 saturated carbocycles. The van der Waals surface area contributed by atoms with E-state index in [2.05, 4.69) is 4.99 Å². The molecule has 1 saturated heterocycles. The highest BCUT2D eigenvalue weighted by Crippen LogP contribution is 2.26. The smallest absolute Gasteiger partial charge is 0.252 e. The summed E-state index contributed by atoms with van der Waals surface area (Å²) >= 11 is 1.43. The molecule has 0 radical (unpaired) electrons. The van der Waals surface area contributed by atoms with E-state index in [0.29, 0.717) is 50.6 Å². The fourth-order valence-corrected chi connectivity index (χ4v) is 6.93. The molecule has 1 unspecified atom stereocenters. The normalized spacial score (nSPS) is 17.5. The van der Waals surface area contributed by atoms with Crippen molar-refractivity contribution in [3.63, 3.8) is 0 Å². The van der Waals surface area contributed by atoms with Crippen molar-refractivity contribution in [2.75, 3.05) is 32.9 Å². The first-order chi connectivity index (χ1) is 17.3. The number of fused-ring (bicyclic) bond motifs is 1. The van der Waals surface area contributed by atoms with E-state index in [9.17, 15) is 13.2 Å². The maximum Gasteiger partial charge on any atom is 0.252 e. The number of nitrogens with zero attached hydrogens (tertiary/aromatic N) is 3. The Bertz CT molecular complexity index is 1380. The van der Waals surface area contributed by atoms with Gasteiger partial charge in [0, 0.05) is 26.2 Å². The second kappa shape index (κ2) is 11.7. The van der Waals surface area contributed by atoms with E-state index in [-0.39, 0.29) is 17.3 Å². The molecule has 8 nitrogen and oxygen atoms in total. The molecule has 36 heavy (non-hydrogen) atoms. The molecule has 0 bridgehead atoms. The van der Waals surface area contributed by atoms with Crippen LogP contribution >= 0.6 is 11.3 Å². The number of piperidine rings is 1. The number of hydrogen-bond acceptors (Lipinski definition) is 6. The molecule has 194 valence electrons. The molecule has 1 aromatic heterocycles. The Morgan fingerprint density at radius 2 is 1.92 bits per heavy atom. The minimum absolute atomic E-state index is 0.136. The average molecular weight is 532 g/mol. The summed E-state index contributed by atoms with van der Waals surface area (Å²) in [6.07, 6.45) is 1.23. The summed E-state index contributed by atoms with van der Waals surface area (Å²) < 4.78 is 41.9. The number of benzene rings is 2. The van der Waals surface area contributed by atoms with Crippen molar-refractivity contribution in [3.05, 3.63) is 52.8 Å². The highest BCUT2D eigenvalue weighted by molar-refractivity contribution is 7.89. The van der Waals surface area contributed by atoms with E-state index in [4.69, 9.17) is 9.47 Å². The first-order valence-electron chi connectivity index (χ1n) is 12.3. The summed E-state index contributed by atoms with van der Waals surface area (Å²) in [4.78, 5) is 18.6. The van der Waals surface area contributed by atoms with Crippen molar-refractivity contribution in [3.8, 4) is 5.75 Å². The van der Waals surface area contributed by atoms with Gasteiger partial charge in [-0.15, -0.1) is 0 Å². The highest BCUT2D eigenvalue weighted by atomic mass is 32.2. The lowest BCUT2D eigenvalue weighted by molar-refractivity contribution is -0.122. The molecule has 0 N–H and O–H groups in total. The van der Waals surface area contributed by atoms with Crippen LogP contribution in [0.3, 0.4) is 0 Å². The molecule has 0 spiro atoms. The van der Waals surface area contributed by atoms with Crippen LogP contribution in [-0.4, -0.2) is 56.1 Å². The first-order valence-corrected chi connectivity index (χ1v) is 14.6. The summed E-state index contributed by atoms with van der Waals surface area (Å²) in [5.74, 6) is -0.00520. The van der Waals surface area contributed by atoms with Crippen LogP contribution in [0.1, 0.15) is 32.3 Å². The maximum absolute atomic E-state index is 13.3. The van der Waals surface area contributed by atoms with Crippen molar-refractivity contribution in [1.29, 1.82) is 0 Å². The van der Waals surface area contributed by atoms with Crippen LogP contribution < -0.4 is 9.54 Å². The van der Waals surface area contributed by atoms with Crippen LogP contribution in [0.15, 0.2) is 52.4 Å². The molecule has 4 rings (SSSR count). The molecular formula is C26H33N3O5S2. The third-order valence-electron chi connectivity index (χ3n) is 6.23. The Balaban J connectivity index is 1.61. The van der Waals surface area contributed by atoms with Gasteiger partial charge in [0.25, 0.3) is 5.91 Å². The van der Waals surface area contributed by atoms with E-state index >= 15 is 0 Å². The summed E-state index contributed by atoms with van der Waals surface area (Å²) in [6, 6.07) is 12.7. The van der Waals surface area contributed by atoms with Gasteiger partial charge in [-0.1, -0.05) is 29.0 Å². The van der Waals surface area contributed by atoms with Gasteiger partial charge in [0.15, 0.2) is 4.80 Å². The van der Waals surface area contributed by atoms with E-state index in [1.54, 1.807) is 24.3 Å². The fourth-order valence-electron chi connectivity index (χ4n) is 4.32. The Labute approximate surface area is 216 Å². The van der Waals surface area contributed by atoms with Gasteiger partial charge in [0.2, 0.25) is 10.0 Å². The number of ether oxygens (including phenoxy) is 2. The molecule has 3 aromatic rings. The third kappa shape index (κ3) is 5.88. The lowest BCUT2D eigenvalue weighted by Gasteiger charge is -2.30. The number of sulfonamides is 1. The largest absolute Gasteiger partial charge is 0.494 e. The van der Waals surface area contributed by atoms with Gasteiger partial charge in [-0.3, -0.25) is 4.79 Å². The van der Waals surface area contributed by atoms with Crippen LogP contribution in [0, 0.1) is 12.8 Å². The zero-order valence-corrected chi connectivity index (χ0v) is 22.6. The first kappa shape index (κ1) is 26.5. The van der Waals surface area contributed by atoms with E-state index in [1.807, 2.05) is 43.5 Å². The van der Waals surface area contributed by atoms with Crippen molar-refractivity contribution in [1.82, 2.24) is 8.87 Å². The molecule has 2 heterocycles. The van der Waals surface area contributed by atoms with Gasteiger partial charge in [-0.25, -0.2) is 8.42 Å². The van der Waals surface area contributed by atoms with Crippen LogP contribution in [0.2, 0.25) is 0 Å². The Morgan fingerprint density at radius 3 is 2.64 bits per heavy atom. The molecule has 1 fully saturated rings. The number of carbonyl (C=O) groups is 1. The zero-order chi connectivity index (χ0) is 25.7. The summed E-state index contributed by atoms with van der Waals surface area (Å²) in [5.41, 5.74) is 1.95. The lowest BCUT2D eigenvalue weighted by Crippen LogP contribution is -2.42. The number of aryl methyl sites for hydroxylation is 1. The highest BCUT2D eigenvalue weighted by Gasteiger charge is 2.33. The lowest BCUT2D eigenvalue weighted by atomic mass is 9.99. The van der Waals surface area contributed by atoms with Gasteiger partial charge in [0.1, 0.15) is 5.75 Å². The van der Waals surface area contributed by atoms with Crippen molar-refractivity contribution < 1.29 is 22.7 Å². The maximum atomic E-state index is 13.3. The van der Waals surface area contributed by atoms with Gasteiger partial charge >= 0.3 is 0 Å². The molecule has 2 aromatic carbocycles. The number of aromatic nitrogens is 1. The molecule has 1 amide bonds.